The Labute approximate surface area is 247 Å². The van der Waals surface area contributed by atoms with Crippen molar-refractivity contribution in [1.82, 2.24) is 20.0 Å². The summed E-state index contributed by atoms with van der Waals surface area (Å²) in [5, 5.41) is 12.4. The van der Waals surface area contributed by atoms with E-state index in [9.17, 15) is 13.2 Å². The summed E-state index contributed by atoms with van der Waals surface area (Å²) in [7, 11) is -3.41. The third-order valence-corrected chi connectivity index (χ3v) is 9.83. The van der Waals surface area contributed by atoms with Crippen LogP contribution in [0, 0.1) is 11.8 Å². The minimum atomic E-state index is -3.41. The van der Waals surface area contributed by atoms with E-state index in [0.717, 1.165) is 68.3 Å². The van der Waals surface area contributed by atoms with Crippen molar-refractivity contribution < 1.29 is 17.9 Å². The molecule has 2 aromatic heterocycles. The Balaban J connectivity index is 1.21. The molecule has 0 radical (unpaired) electrons. The van der Waals surface area contributed by atoms with E-state index in [2.05, 4.69) is 20.7 Å². The van der Waals surface area contributed by atoms with E-state index in [4.69, 9.17) is 14.7 Å². The van der Waals surface area contributed by atoms with Gasteiger partial charge in [0.2, 0.25) is 16.0 Å². The lowest BCUT2D eigenvalue weighted by atomic mass is 9.82. The summed E-state index contributed by atoms with van der Waals surface area (Å²) in [6, 6.07) is 11.3. The van der Waals surface area contributed by atoms with Gasteiger partial charge < -0.3 is 20.7 Å². The molecule has 4 N–H and O–H groups in total. The second-order valence-electron chi connectivity index (χ2n) is 11.5. The molecule has 1 amide bonds. The number of fused-ring (bicyclic) bond motifs is 1. The number of carbonyl (C=O) groups is 1. The molecule has 224 valence electrons. The molecule has 1 fully saturated rings. The zero-order chi connectivity index (χ0) is 29.3. The molecule has 0 unspecified atom stereocenters. The number of sulfonamides is 1. The molecule has 1 aliphatic carbocycles. The van der Waals surface area contributed by atoms with Gasteiger partial charge in [-0.2, -0.15) is 4.98 Å². The van der Waals surface area contributed by atoms with Gasteiger partial charge in [0.05, 0.1) is 5.52 Å². The number of benzene rings is 1. The topological polar surface area (TPSA) is 134 Å². The minimum Gasteiger partial charge on any atom is -0.444 e. The largest absolute Gasteiger partial charge is 0.444 e. The second-order valence-corrected chi connectivity index (χ2v) is 14.5. The number of nitrogens with one attached hydrogen (secondary N) is 4. The minimum absolute atomic E-state index is 0.355. The van der Waals surface area contributed by atoms with Gasteiger partial charge in [0.1, 0.15) is 15.6 Å². The lowest BCUT2D eigenvalue weighted by molar-refractivity contribution is 0.0527. The molecule has 1 aliphatic rings. The maximum Gasteiger partial charge on any atom is 0.407 e. The average molecular weight is 603 g/mol. The van der Waals surface area contributed by atoms with E-state index in [1.54, 1.807) is 17.5 Å². The van der Waals surface area contributed by atoms with Crippen LogP contribution in [0.5, 0.6) is 0 Å². The van der Waals surface area contributed by atoms with Crippen molar-refractivity contribution >= 4 is 50.1 Å². The van der Waals surface area contributed by atoms with Crippen LogP contribution >= 0.6 is 11.3 Å². The van der Waals surface area contributed by atoms with Gasteiger partial charge in [-0.1, -0.05) is 18.2 Å². The van der Waals surface area contributed by atoms with Gasteiger partial charge in [-0.25, -0.2) is 22.9 Å². The maximum absolute atomic E-state index is 12.4. The van der Waals surface area contributed by atoms with Crippen LogP contribution in [-0.2, 0) is 14.8 Å². The molecule has 0 aliphatic heterocycles. The Morgan fingerprint density at radius 3 is 2.37 bits per heavy atom. The molecule has 12 heteroatoms. The van der Waals surface area contributed by atoms with E-state index in [1.165, 1.54) is 11.3 Å². The molecule has 2 heterocycles. The quantitative estimate of drug-likeness (QED) is 0.186. The standard InChI is InChI=1S/C29H42N6O4S2/c1-29(2,3)39-28(36)31-17-7-6-16-30-26-23-9-4-5-10-24(23)34-27(35-26)32-19-21-12-14-22(15-13-21)20-33-41(37,38)25-11-8-18-40-25/h4-5,8-11,18,21-22,33H,6-7,12-17,19-20H2,1-3H3,(H,31,36)(H2,30,32,34,35)/t21-,22-. The van der Waals surface area contributed by atoms with Crippen LogP contribution in [0.1, 0.15) is 59.3 Å². The van der Waals surface area contributed by atoms with Gasteiger partial charge in [0.25, 0.3) is 0 Å². The number of aromatic nitrogens is 2. The predicted octanol–water partition coefficient (Wildman–Crippen LogP) is 5.60. The highest BCUT2D eigenvalue weighted by atomic mass is 32.2. The van der Waals surface area contributed by atoms with Crippen molar-refractivity contribution in [2.75, 3.05) is 36.8 Å². The monoisotopic (exact) mass is 602 g/mol. The van der Waals surface area contributed by atoms with Crippen LogP contribution in [0.2, 0.25) is 0 Å². The summed E-state index contributed by atoms with van der Waals surface area (Å²) in [6.45, 7) is 8.08. The number of hydrogen-bond donors (Lipinski definition) is 4. The van der Waals surface area contributed by atoms with Crippen molar-refractivity contribution in [3.8, 4) is 0 Å². The van der Waals surface area contributed by atoms with Gasteiger partial charge in [-0.05, 0) is 94.7 Å². The summed E-state index contributed by atoms with van der Waals surface area (Å²) in [5.41, 5.74) is 0.374. The Kier molecular flexibility index (Phi) is 10.8. The predicted molar refractivity (Wildman–Crippen MR) is 165 cm³/mol. The molecule has 1 saturated carbocycles. The molecule has 1 aromatic carbocycles. The molecule has 0 saturated heterocycles. The van der Waals surface area contributed by atoms with E-state index in [-0.39, 0.29) is 0 Å². The van der Waals surface area contributed by atoms with Crippen molar-refractivity contribution in [1.29, 1.82) is 0 Å². The molecule has 10 nitrogen and oxygen atoms in total. The number of para-hydroxylation sites is 1. The van der Waals surface area contributed by atoms with E-state index in [1.807, 2.05) is 45.0 Å². The number of hydrogen-bond acceptors (Lipinski definition) is 9. The van der Waals surface area contributed by atoms with Crippen LogP contribution in [-0.4, -0.2) is 56.3 Å². The molecule has 4 rings (SSSR count). The van der Waals surface area contributed by atoms with Crippen LogP contribution in [0.3, 0.4) is 0 Å². The van der Waals surface area contributed by atoms with Crippen LogP contribution in [0.15, 0.2) is 46.0 Å². The maximum atomic E-state index is 12.4. The summed E-state index contributed by atoms with van der Waals surface area (Å²) in [4.78, 5) is 21.3. The highest BCUT2D eigenvalue weighted by molar-refractivity contribution is 7.91. The van der Waals surface area contributed by atoms with Crippen LogP contribution in [0.25, 0.3) is 10.9 Å². The lowest BCUT2D eigenvalue weighted by Gasteiger charge is -2.28. The van der Waals surface area contributed by atoms with Gasteiger partial charge >= 0.3 is 6.09 Å². The fourth-order valence-corrected chi connectivity index (χ4v) is 7.00. The SMILES string of the molecule is CC(C)(C)OC(=O)NCCCCNc1nc(NC[C@H]2CC[C@H](CNS(=O)(=O)c3cccs3)CC2)nc2ccccc12. The number of nitrogens with zero attached hydrogens (tertiary/aromatic N) is 2. The number of thiophene rings is 1. The number of carbonyl (C=O) groups excluding carboxylic acids is 1. The van der Waals surface area contributed by atoms with Gasteiger partial charge in [-0.15, -0.1) is 11.3 Å². The molecule has 0 spiro atoms. The third kappa shape index (κ3) is 9.82. The van der Waals surface area contributed by atoms with Crippen molar-refractivity contribution in [3.63, 3.8) is 0 Å². The Morgan fingerprint density at radius 1 is 0.951 bits per heavy atom. The zero-order valence-electron chi connectivity index (χ0n) is 24.1. The summed E-state index contributed by atoms with van der Waals surface area (Å²) >= 11 is 1.24. The van der Waals surface area contributed by atoms with Crippen molar-refractivity contribution in [3.05, 3.63) is 41.8 Å². The normalized spacial score (nSPS) is 17.7. The zero-order valence-corrected chi connectivity index (χ0v) is 25.7. The molecule has 0 bridgehead atoms. The molecule has 3 aromatic rings. The molecular formula is C29H42N6O4S2. The van der Waals surface area contributed by atoms with Crippen molar-refractivity contribution in [2.45, 2.75) is 69.1 Å². The summed E-state index contributed by atoms with van der Waals surface area (Å²) in [5.74, 6) is 2.24. The first-order valence-corrected chi connectivity index (χ1v) is 16.7. The molecular weight excluding hydrogens is 560 g/mol. The van der Waals surface area contributed by atoms with Gasteiger partial charge in [0, 0.05) is 31.6 Å². The number of rotatable bonds is 13. The highest BCUT2D eigenvalue weighted by Gasteiger charge is 2.24. The first kappa shape index (κ1) is 31.0. The fraction of sp³-hybridized carbons (Fsp3) is 0.552. The summed E-state index contributed by atoms with van der Waals surface area (Å²) in [6.07, 6.45) is 5.35. The molecule has 0 atom stereocenters. The smallest absolute Gasteiger partial charge is 0.407 e. The van der Waals surface area contributed by atoms with Crippen molar-refractivity contribution in [2.24, 2.45) is 11.8 Å². The van der Waals surface area contributed by atoms with Crippen LogP contribution < -0.4 is 20.7 Å². The number of amides is 1. The number of unbranched alkanes of at least 4 members (excludes halogenated alkanes) is 1. The third-order valence-electron chi connectivity index (χ3n) is 7.00. The Morgan fingerprint density at radius 2 is 1.66 bits per heavy atom. The number of ether oxygens (including phenoxy) is 1. The second kappa shape index (κ2) is 14.3. The first-order chi connectivity index (χ1) is 19.6. The lowest BCUT2D eigenvalue weighted by Crippen LogP contribution is -2.33. The molecule has 41 heavy (non-hydrogen) atoms. The number of anilines is 2. The highest BCUT2D eigenvalue weighted by Crippen LogP contribution is 2.29. The van der Waals surface area contributed by atoms with E-state index < -0.39 is 21.7 Å². The van der Waals surface area contributed by atoms with Crippen LogP contribution in [0.4, 0.5) is 16.6 Å². The van der Waals surface area contributed by atoms with Gasteiger partial charge in [0.15, 0.2) is 0 Å². The Hall–Kier alpha value is -2.96. The van der Waals surface area contributed by atoms with Gasteiger partial charge in [-0.3, -0.25) is 0 Å². The van der Waals surface area contributed by atoms with E-state index >= 15 is 0 Å². The fourth-order valence-electron chi connectivity index (χ4n) is 4.84. The van der Waals surface area contributed by atoms with E-state index in [0.29, 0.717) is 35.1 Å². The Bertz CT molecular complexity index is 1370. The summed E-state index contributed by atoms with van der Waals surface area (Å²) < 4.78 is 33.2. The average Bonchev–Trinajstić information content (AvgIpc) is 3.49. The number of alkyl carbamates (subject to hydrolysis) is 1. The first-order valence-electron chi connectivity index (χ1n) is 14.3.